The van der Waals surface area contributed by atoms with E-state index >= 15 is 0 Å². The van der Waals surface area contributed by atoms with Crippen LogP contribution in [-0.4, -0.2) is 18.9 Å². The van der Waals surface area contributed by atoms with Crippen LogP contribution in [0.25, 0.3) is 0 Å². The van der Waals surface area contributed by atoms with E-state index in [0.29, 0.717) is 0 Å². The van der Waals surface area contributed by atoms with Gasteiger partial charge in [-0.3, -0.25) is 4.79 Å². The van der Waals surface area contributed by atoms with E-state index in [2.05, 4.69) is 6.58 Å². The average molecular weight is 149 g/mol. The predicted octanol–water partition coefficient (Wildman–Crippen LogP) is 0.944. The smallest absolute Gasteiger partial charge is 0.327 e. The van der Waals surface area contributed by atoms with E-state index in [1.54, 1.807) is 0 Å². The first-order valence-corrected chi connectivity index (χ1v) is 2.75. The minimum atomic E-state index is -3.31. The van der Waals surface area contributed by atoms with Gasteiger partial charge in [0.15, 0.2) is 0 Å². The van der Waals surface area contributed by atoms with E-state index in [0.717, 1.165) is 6.08 Å². The number of amides is 1. The van der Waals surface area contributed by atoms with E-state index in [-0.39, 0.29) is 0 Å². The van der Waals surface area contributed by atoms with E-state index in [1.165, 1.54) is 7.05 Å². The molecule has 4 heteroatoms. The molecule has 0 saturated heterocycles. The summed E-state index contributed by atoms with van der Waals surface area (Å²) in [4.78, 5) is 10.3. The highest BCUT2D eigenvalue weighted by atomic mass is 19.3. The maximum absolute atomic E-state index is 12.3. The van der Waals surface area contributed by atoms with Crippen LogP contribution in [0.2, 0.25) is 0 Å². The number of rotatable bonds is 3. The van der Waals surface area contributed by atoms with Crippen LogP contribution in [0.1, 0.15) is 6.42 Å². The van der Waals surface area contributed by atoms with Gasteiger partial charge in [-0.1, -0.05) is 6.08 Å². The van der Waals surface area contributed by atoms with Crippen molar-refractivity contribution in [2.75, 3.05) is 7.05 Å². The minimum Gasteiger partial charge on any atom is -0.354 e. The Morgan fingerprint density at radius 3 is 2.60 bits per heavy atom. The van der Waals surface area contributed by atoms with Crippen LogP contribution in [0.5, 0.6) is 0 Å². The number of carbonyl (C=O) groups excluding carboxylic acids is 1. The van der Waals surface area contributed by atoms with Gasteiger partial charge in [0.05, 0.1) is 0 Å². The highest BCUT2D eigenvalue weighted by molar-refractivity contribution is 5.83. The summed E-state index contributed by atoms with van der Waals surface area (Å²) in [5, 5.41) is 1.85. The van der Waals surface area contributed by atoms with Gasteiger partial charge in [0.2, 0.25) is 0 Å². The number of nitrogens with one attached hydrogen (secondary N) is 1. The zero-order valence-electron chi connectivity index (χ0n) is 5.66. The molecule has 58 valence electrons. The van der Waals surface area contributed by atoms with Crippen LogP contribution >= 0.6 is 0 Å². The molecular formula is C6H9F2NO. The van der Waals surface area contributed by atoms with E-state index in [1.807, 2.05) is 5.32 Å². The zero-order valence-corrected chi connectivity index (χ0v) is 5.66. The standard InChI is InChI=1S/C6H9F2NO/c1-3-4-6(7,8)5(10)9-2/h3H,1,4H2,2H3,(H,9,10). The summed E-state index contributed by atoms with van der Waals surface area (Å²) >= 11 is 0. The Bertz CT molecular complexity index is 145. The van der Waals surface area contributed by atoms with Crippen molar-refractivity contribution < 1.29 is 13.6 Å². The molecular weight excluding hydrogens is 140 g/mol. The molecule has 0 unspecified atom stereocenters. The number of hydrogen-bond donors (Lipinski definition) is 1. The van der Waals surface area contributed by atoms with Crippen LogP contribution in [0, 0.1) is 0 Å². The highest BCUT2D eigenvalue weighted by Gasteiger charge is 2.35. The fraction of sp³-hybridized carbons (Fsp3) is 0.500. The lowest BCUT2D eigenvalue weighted by molar-refractivity contribution is -0.144. The molecule has 0 radical (unpaired) electrons. The summed E-state index contributed by atoms with van der Waals surface area (Å²) in [6, 6.07) is 0. The largest absolute Gasteiger partial charge is 0.354 e. The number of allylic oxidation sites excluding steroid dienone is 1. The Balaban J connectivity index is 4.08. The van der Waals surface area contributed by atoms with Gasteiger partial charge in [0.1, 0.15) is 0 Å². The Morgan fingerprint density at radius 2 is 2.30 bits per heavy atom. The van der Waals surface area contributed by atoms with Crippen LogP contribution in [-0.2, 0) is 4.79 Å². The van der Waals surface area contributed by atoms with Gasteiger partial charge in [-0.25, -0.2) is 0 Å². The van der Waals surface area contributed by atoms with Crippen molar-refractivity contribution in [1.29, 1.82) is 0 Å². The molecule has 0 atom stereocenters. The average Bonchev–Trinajstić information content (AvgIpc) is 1.86. The molecule has 0 fully saturated rings. The summed E-state index contributed by atoms with van der Waals surface area (Å²) in [6.07, 6.45) is 0.391. The van der Waals surface area contributed by atoms with Gasteiger partial charge >= 0.3 is 5.92 Å². The minimum absolute atomic E-state index is 0.618. The number of carbonyl (C=O) groups is 1. The van der Waals surface area contributed by atoms with E-state index < -0.39 is 18.3 Å². The summed E-state index contributed by atoms with van der Waals surface area (Å²) < 4.78 is 24.7. The zero-order chi connectivity index (χ0) is 8.20. The molecule has 0 saturated carbocycles. The Kier molecular flexibility index (Phi) is 2.99. The maximum Gasteiger partial charge on any atom is 0.327 e. The Morgan fingerprint density at radius 1 is 1.80 bits per heavy atom. The predicted molar refractivity (Wildman–Crippen MR) is 33.8 cm³/mol. The Labute approximate surface area is 57.9 Å². The third-order valence-corrected chi connectivity index (χ3v) is 0.960. The molecule has 0 aliphatic carbocycles. The molecule has 0 bridgehead atoms. The third kappa shape index (κ3) is 2.13. The molecule has 2 nitrogen and oxygen atoms in total. The fourth-order valence-corrected chi connectivity index (χ4v) is 0.457. The fourth-order valence-electron chi connectivity index (χ4n) is 0.457. The molecule has 0 rings (SSSR count). The van der Waals surface area contributed by atoms with Crippen LogP contribution in [0.3, 0.4) is 0 Å². The monoisotopic (exact) mass is 149 g/mol. The number of halogens is 2. The Hall–Kier alpha value is -0.930. The van der Waals surface area contributed by atoms with Crippen molar-refractivity contribution in [3.8, 4) is 0 Å². The summed E-state index contributed by atoms with van der Waals surface area (Å²) in [6.45, 7) is 3.10. The first kappa shape index (κ1) is 9.07. The summed E-state index contributed by atoms with van der Waals surface area (Å²) in [5.41, 5.74) is 0. The van der Waals surface area contributed by atoms with Gasteiger partial charge in [-0.2, -0.15) is 8.78 Å². The van der Waals surface area contributed by atoms with Crippen LogP contribution in [0.15, 0.2) is 12.7 Å². The number of alkyl halides is 2. The van der Waals surface area contributed by atoms with Crippen molar-refractivity contribution in [2.45, 2.75) is 12.3 Å². The molecule has 10 heavy (non-hydrogen) atoms. The highest BCUT2D eigenvalue weighted by Crippen LogP contribution is 2.17. The first-order valence-electron chi connectivity index (χ1n) is 2.75. The van der Waals surface area contributed by atoms with Crippen molar-refractivity contribution >= 4 is 5.91 Å². The molecule has 1 amide bonds. The first-order chi connectivity index (χ1) is 4.54. The summed E-state index contributed by atoms with van der Waals surface area (Å²) in [5.74, 6) is -4.58. The van der Waals surface area contributed by atoms with Gasteiger partial charge in [0.25, 0.3) is 5.91 Å². The second-order valence-electron chi connectivity index (χ2n) is 1.78. The summed E-state index contributed by atoms with van der Waals surface area (Å²) in [7, 11) is 1.17. The molecule has 0 aromatic rings. The van der Waals surface area contributed by atoms with Crippen molar-refractivity contribution in [3.63, 3.8) is 0 Å². The molecule has 0 aliphatic heterocycles. The van der Waals surface area contributed by atoms with Gasteiger partial charge in [0, 0.05) is 13.5 Å². The lowest BCUT2D eigenvalue weighted by Gasteiger charge is -2.10. The lowest BCUT2D eigenvalue weighted by Crippen LogP contribution is -2.37. The van der Waals surface area contributed by atoms with Crippen molar-refractivity contribution in [2.24, 2.45) is 0 Å². The topological polar surface area (TPSA) is 29.1 Å². The van der Waals surface area contributed by atoms with Crippen LogP contribution in [0.4, 0.5) is 8.78 Å². The molecule has 0 aromatic heterocycles. The maximum atomic E-state index is 12.3. The molecule has 1 N–H and O–H groups in total. The van der Waals surface area contributed by atoms with Gasteiger partial charge in [-0.15, -0.1) is 6.58 Å². The lowest BCUT2D eigenvalue weighted by atomic mass is 10.2. The SMILES string of the molecule is C=CCC(F)(F)C(=O)NC. The number of hydrogen-bond acceptors (Lipinski definition) is 1. The van der Waals surface area contributed by atoms with E-state index in [9.17, 15) is 13.6 Å². The quantitative estimate of drug-likeness (QED) is 0.594. The van der Waals surface area contributed by atoms with Crippen molar-refractivity contribution in [3.05, 3.63) is 12.7 Å². The van der Waals surface area contributed by atoms with Gasteiger partial charge < -0.3 is 5.32 Å². The second-order valence-corrected chi connectivity index (χ2v) is 1.78. The normalized spacial score (nSPS) is 10.7. The second kappa shape index (κ2) is 3.29. The molecule has 0 spiro atoms. The molecule has 0 aromatic carbocycles. The van der Waals surface area contributed by atoms with E-state index in [4.69, 9.17) is 0 Å². The molecule has 0 heterocycles. The van der Waals surface area contributed by atoms with Crippen LogP contribution < -0.4 is 5.32 Å². The van der Waals surface area contributed by atoms with Crippen molar-refractivity contribution in [1.82, 2.24) is 5.32 Å². The van der Waals surface area contributed by atoms with Gasteiger partial charge in [-0.05, 0) is 0 Å². The third-order valence-electron chi connectivity index (χ3n) is 0.960. The molecule has 0 aliphatic rings.